The molecule has 0 saturated heterocycles. The fraction of sp³-hybridized carbons (Fsp3) is 0.467. The zero-order chi connectivity index (χ0) is 14.2. The van der Waals surface area contributed by atoms with E-state index in [1.807, 2.05) is 18.2 Å². The molecule has 1 N–H and O–H groups in total. The average Bonchev–Trinajstić information content (AvgIpc) is 2.92. The average molecular weight is 274 g/mol. The number of hydrogen-bond donors (Lipinski definition) is 1. The van der Waals surface area contributed by atoms with E-state index in [2.05, 4.69) is 46.5 Å². The molecular formula is C15H22N4O. The van der Waals surface area contributed by atoms with Crippen molar-refractivity contribution in [3.05, 3.63) is 47.6 Å². The van der Waals surface area contributed by atoms with E-state index >= 15 is 0 Å². The van der Waals surface area contributed by atoms with Crippen molar-refractivity contribution < 1.29 is 4.52 Å². The van der Waals surface area contributed by atoms with Crippen molar-refractivity contribution in [2.75, 3.05) is 26.7 Å². The zero-order valence-electron chi connectivity index (χ0n) is 12.2. The first-order valence-corrected chi connectivity index (χ1v) is 7.02. The maximum absolute atomic E-state index is 5.23. The van der Waals surface area contributed by atoms with Crippen molar-refractivity contribution in [1.82, 2.24) is 20.4 Å². The van der Waals surface area contributed by atoms with Gasteiger partial charge in [0.25, 0.3) is 0 Å². The highest BCUT2D eigenvalue weighted by Gasteiger charge is 2.06. The molecule has 1 aromatic carbocycles. The summed E-state index contributed by atoms with van der Waals surface area (Å²) in [6.45, 7) is 5.76. The molecule has 1 heterocycles. The molecule has 0 atom stereocenters. The standard InChI is InChI=1S/C15H22N4O/c1-3-19(2)10-9-16-12-15-17-14(18-20-15)11-13-7-5-4-6-8-13/h4-8,16H,3,9-12H2,1-2H3. The Morgan fingerprint density at radius 1 is 1.25 bits per heavy atom. The molecule has 2 aromatic rings. The highest BCUT2D eigenvalue weighted by molar-refractivity contribution is 5.18. The van der Waals surface area contributed by atoms with Crippen molar-refractivity contribution in [2.24, 2.45) is 0 Å². The number of likely N-dealkylation sites (N-methyl/N-ethyl adjacent to an activating group) is 1. The number of nitrogens with one attached hydrogen (secondary N) is 1. The zero-order valence-corrected chi connectivity index (χ0v) is 12.2. The van der Waals surface area contributed by atoms with E-state index in [1.165, 1.54) is 5.56 Å². The molecule has 0 fully saturated rings. The topological polar surface area (TPSA) is 54.2 Å². The third-order valence-corrected chi connectivity index (χ3v) is 3.20. The summed E-state index contributed by atoms with van der Waals surface area (Å²) in [5, 5.41) is 7.31. The molecule has 20 heavy (non-hydrogen) atoms. The minimum absolute atomic E-state index is 0.624. The van der Waals surface area contributed by atoms with Crippen LogP contribution < -0.4 is 5.32 Å². The molecule has 2 rings (SSSR count). The molecule has 1 aromatic heterocycles. The highest BCUT2D eigenvalue weighted by atomic mass is 16.5. The molecule has 0 bridgehead atoms. The van der Waals surface area contributed by atoms with Crippen molar-refractivity contribution in [3.63, 3.8) is 0 Å². The van der Waals surface area contributed by atoms with Crippen LogP contribution in [0.4, 0.5) is 0 Å². The lowest BCUT2D eigenvalue weighted by Gasteiger charge is -2.13. The molecule has 5 heteroatoms. The Balaban J connectivity index is 1.75. The minimum atomic E-state index is 0.624. The van der Waals surface area contributed by atoms with Crippen LogP contribution in [0.1, 0.15) is 24.2 Å². The predicted octanol–water partition coefficient (Wildman–Crippen LogP) is 1.70. The third-order valence-electron chi connectivity index (χ3n) is 3.20. The van der Waals surface area contributed by atoms with Gasteiger partial charge in [-0.1, -0.05) is 42.4 Å². The minimum Gasteiger partial charge on any atom is -0.338 e. The molecule has 0 aliphatic rings. The second-order valence-corrected chi connectivity index (χ2v) is 4.84. The molecule has 0 saturated carbocycles. The number of nitrogens with zero attached hydrogens (tertiary/aromatic N) is 3. The molecule has 0 spiro atoms. The van der Waals surface area contributed by atoms with Crippen LogP contribution in [0.25, 0.3) is 0 Å². The van der Waals surface area contributed by atoms with Crippen LogP contribution in [0.3, 0.4) is 0 Å². The Morgan fingerprint density at radius 3 is 2.80 bits per heavy atom. The lowest BCUT2D eigenvalue weighted by molar-refractivity contribution is 0.333. The van der Waals surface area contributed by atoms with Crippen LogP contribution in [-0.4, -0.2) is 41.7 Å². The SMILES string of the molecule is CCN(C)CCNCc1nc(Cc2ccccc2)no1. The van der Waals surface area contributed by atoms with E-state index in [0.29, 0.717) is 18.9 Å². The Kier molecular flexibility index (Phi) is 5.70. The summed E-state index contributed by atoms with van der Waals surface area (Å²) in [5.74, 6) is 1.38. The molecule has 108 valence electrons. The number of benzene rings is 1. The van der Waals surface area contributed by atoms with Gasteiger partial charge in [0.1, 0.15) is 0 Å². The van der Waals surface area contributed by atoms with Gasteiger partial charge in [0, 0.05) is 19.5 Å². The second kappa shape index (κ2) is 7.77. The lowest BCUT2D eigenvalue weighted by Crippen LogP contribution is -2.28. The summed E-state index contributed by atoms with van der Waals surface area (Å²) in [6.07, 6.45) is 0.711. The smallest absolute Gasteiger partial charge is 0.240 e. The Bertz CT molecular complexity index is 498. The quantitative estimate of drug-likeness (QED) is 0.743. The fourth-order valence-electron chi connectivity index (χ4n) is 1.84. The summed E-state index contributed by atoms with van der Waals surface area (Å²) in [5.41, 5.74) is 1.19. The summed E-state index contributed by atoms with van der Waals surface area (Å²) in [6, 6.07) is 10.2. The molecule has 0 radical (unpaired) electrons. The number of rotatable bonds is 8. The monoisotopic (exact) mass is 274 g/mol. The summed E-state index contributed by atoms with van der Waals surface area (Å²) in [7, 11) is 2.10. The van der Waals surface area contributed by atoms with Gasteiger partial charge in [-0.2, -0.15) is 4.98 Å². The molecule has 5 nitrogen and oxygen atoms in total. The summed E-state index contributed by atoms with van der Waals surface area (Å²) in [4.78, 5) is 6.64. The van der Waals surface area contributed by atoms with Crippen LogP contribution in [0.15, 0.2) is 34.9 Å². The lowest BCUT2D eigenvalue weighted by atomic mass is 10.1. The Labute approximate surface area is 120 Å². The van der Waals surface area contributed by atoms with Crippen molar-refractivity contribution in [2.45, 2.75) is 19.9 Å². The van der Waals surface area contributed by atoms with E-state index < -0.39 is 0 Å². The van der Waals surface area contributed by atoms with Crippen LogP contribution in [0.2, 0.25) is 0 Å². The maximum Gasteiger partial charge on any atom is 0.240 e. The van der Waals surface area contributed by atoms with Crippen LogP contribution >= 0.6 is 0 Å². The first kappa shape index (κ1) is 14.7. The maximum atomic E-state index is 5.23. The number of hydrogen-bond acceptors (Lipinski definition) is 5. The van der Waals surface area contributed by atoms with Crippen molar-refractivity contribution in [1.29, 1.82) is 0 Å². The van der Waals surface area contributed by atoms with E-state index in [9.17, 15) is 0 Å². The van der Waals surface area contributed by atoms with E-state index in [4.69, 9.17) is 4.52 Å². The van der Waals surface area contributed by atoms with Gasteiger partial charge >= 0.3 is 0 Å². The van der Waals surface area contributed by atoms with Gasteiger partial charge in [0.05, 0.1) is 6.54 Å². The normalized spacial score (nSPS) is 11.2. The molecule has 0 aliphatic heterocycles. The van der Waals surface area contributed by atoms with E-state index in [-0.39, 0.29) is 0 Å². The van der Waals surface area contributed by atoms with Crippen molar-refractivity contribution in [3.8, 4) is 0 Å². The van der Waals surface area contributed by atoms with Gasteiger partial charge < -0.3 is 14.7 Å². The predicted molar refractivity (Wildman–Crippen MR) is 78.4 cm³/mol. The van der Waals surface area contributed by atoms with Crippen LogP contribution in [-0.2, 0) is 13.0 Å². The summed E-state index contributed by atoms with van der Waals surface area (Å²) < 4.78 is 5.23. The van der Waals surface area contributed by atoms with Gasteiger partial charge in [0.15, 0.2) is 5.82 Å². The molecule has 0 aliphatic carbocycles. The van der Waals surface area contributed by atoms with Gasteiger partial charge in [-0.3, -0.25) is 0 Å². The fourth-order valence-corrected chi connectivity index (χ4v) is 1.84. The Morgan fingerprint density at radius 2 is 2.05 bits per heavy atom. The summed E-state index contributed by atoms with van der Waals surface area (Å²) >= 11 is 0. The largest absolute Gasteiger partial charge is 0.338 e. The first-order chi connectivity index (χ1) is 9.78. The molecule has 0 amide bonds. The molecule has 0 unspecified atom stereocenters. The first-order valence-electron chi connectivity index (χ1n) is 7.02. The molecular weight excluding hydrogens is 252 g/mol. The van der Waals surface area contributed by atoms with Crippen LogP contribution in [0, 0.1) is 0 Å². The van der Waals surface area contributed by atoms with Crippen molar-refractivity contribution >= 4 is 0 Å². The third kappa shape index (κ3) is 4.75. The van der Waals surface area contributed by atoms with Gasteiger partial charge in [-0.25, -0.2) is 0 Å². The van der Waals surface area contributed by atoms with Gasteiger partial charge in [0.2, 0.25) is 5.89 Å². The highest BCUT2D eigenvalue weighted by Crippen LogP contribution is 2.06. The second-order valence-electron chi connectivity index (χ2n) is 4.84. The van der Waals surface area contributed by atoms with Gasteiger partial charge in [-0.15, -0.1) is 0 Å². The van der Waals surface area contributed by atoms with E-state index in [1.54, 1.807) is 0 Å². The van der Waals surface area contributed by atoms with Gasteiger partial charge in [-0.05, 0) is 19.2 Å². The van der Waals surface area contributed by atoms with Crippen LogP contribution in [0.5, 0.6) is 0 Å². The Hall–Kier alpha value is -1.72. The van der Waals surface area contributed by atoms with E-state index in [0.717, 1.165) is 25.5 Å². The number of aromatic nitrogens is 2.